The van der Waals surface area contributed by atoms with Crippen LogP contribution in [0.2, 0.25) is 0 Å². The Balaban J connectivity index is 2.54. The Morgan fingerprint density at radius 1 is 1.47 bits per heavy atom. The zero-order chi connectivity index (χ0) is 12.5. The van der Waals surface area contributed by atoms with E-state index in [2.05, 4.69) is 11.2 Å². The molecule has 0 spiro atoms. The van der Waals surface area contributed by atoms with Crippen LogP contribution >= 0.6 is 0 Å². The monoisotopic (exact) mass is 233 g/mol. The molecule has 3 nitrogen and oxygen atoms in total. The molecule has 17 heavy (non-hydrogen) atoms. The van der Waals surface area contributed by atoms with Crippen LogP contribution in [0.1, 0.15) is 18.9 Å². The summed E-state index contributed by atoms with van der Waals surface area (Å²) in [5.41, 5.74) is 1.08. The molecule has 1 rings (SSSR count). The summed E-state index contributed by atoms with van der Waals surface area (Å²) in [6.07, 6.45) is 5.91. The van der Waals surface area contributed by atoms with Crippen LogP contribution in [0.4, 0.5) is 0 Å². The Kier molecular flexibility index (Phi) is 6.16. The van der Waals surface area contributed by atoms with E-state index in [1.165, 1.54) is 0 Å². The first-order valence-electron chi connectivity index (χ1n) is 5.76. The lowest BCUT2D eigenvalue weighted by Gasteiger charge is -2.14. The van der Waals surface area contributed by atoms with Gasteiger partial charge in [-0.05, 0) is 19.4 Å². The first kappa shape index (κ1) is 13.6. The Morgan fingerprint density at radius 3 is 2.94 bits per heavy atom. The van der Waals surface area contributed by atoms with Gasteiger partial charge in [0.1, 0.15) is 12.4 Å². The average molecular weight is 233 g/mol. The van der Waals surface area contributed by atoms with Crippen LogP contribution in [-0.4, -0.2) is 24.4 Å². The van der Waals surface area contributed by atoms with Gasteiger partial charge in [0.05, 0.1) is 0 Å². The van der Waals surface area contributed by atoms with Crippen molar-refractivity contribution in [3.63, 3.8) is 0 Å². The van der Waals surface area contributed by atoms with Gasteiger partial charge in [-0.15, -0.1) is 6.42 Å². The number of hydrogen-bond acceptors (Lipinski definition) is 3. The molecule has 0 heterocycles. The summed E-state index contributed by atoms with van der Waals surface area (Å²) in [5.74, 6) is 3.27. The van der Waals surface area contributed by atoms with Gasteiger partial charge < -0.3 is 15.2 Å². The highest BCUT2D eigenvalue weighted by molar-refractivity contribution is 5.33. The van der Waals surface area contributed by atoms with Crippen molar-refractivity contribution in [3.8, 4) is 18.1 Å². The quantitative estimate of drug-likeness (QED) is 0.702. The molecule has 0 aliphatic rings. The molecule has 0 aliphatic carbocycles. The molecule has 2 N–H and O–H groups in total. The van der Waals surface area contributed by atoms with Gasteiger partial charge >= 0.3 is 0 Å². The molecule has 0 saturated carbocycles. The van der Waals surface area contributed by atoms with Crippen LogP contribution in [0.15, 0.2) is 24.3 Å². The Labute approximate surface area is 103 Å². The van der Waals surface area contributed by atoms with Crippen molar-refractivity contribution in [2.45, 2.75) is 25.9 Å². The zero-order valence-electron chi connectivity index (χ0n) is 10.1. The summed E-state index contributed by atoms with van der Waals surface area (Å²) in [4.78, 5) is 0. The fourth-order valence-electron chi connectivity index (χ4n) is 1.49. The van der Waals surface area contributed by atoms with Gasteiger partial charge in [0.15, 0.2) is 0 Å². The molecule has 1 aromatic rings. The van der Waals surface area contributed by atoms with Gasteiger partial charge in [0.2, 0.25) is 0 Å². The van der Waals surface area contributed by atoms with Crippen molar-refractivity contribution < 1.29 is 9.84 Å². The molecule has 92 valence electrons. The first-order valence-corrected chi connectivity index (χ1v) is 5.76. The molecular weight excluding hydrogens is 214 g/mol. The van der Waals surface area contributed by atoms with Gasteiger partial charge in [-0.25, -0.2) is 0 Å². The number of hydrogen-bond donors (Lipinski definition) is 2. The number of nitrogens with one attached hydrogen (secondary N) is 1. The maximum absolute atomic E-state index is 8.82. The fourth-order valence-corrected chi connectivity index (χ4v) is 1.49. The van der Waals surface area contributed by atoms with E-state index in [1.807, 2.05) is 31.2 Å². The standard InChI is InChI=1S/C14H19NO2/c1-3-10-17-14-7-5-4-6-13(14)11-15-12(2)8-9-16/h1,4-7,12,15-16H,8-11H2,2H3. The zero-order valence-corrected chi connectivity index (χ0v) is 10.1. The normalized spacial score (nSPS) is 11.8. The average Bonchev–Trinajstić information content (AvgIpc) is 2.35. The van der Waals surface area contributed by atoms with E-state index in [0.717, 1.165) is 17.7 Å². The van der Waals surface area contributed by atoms with Crippen LogP contribution in [0, 0.1) is 12.3 Å². The van der Waals surface area contributed by atoms with Crippen LogP contribution in [0.25, 0.3) is 0 Å². The van der Waals surface area contributed by atoms with Gasteiger partial charge in [-0.2, -0.15) is 0 Å². The molecule has 0 radical (unpaired) electrons. The highest BCUT2D eigenvalue weighted by atomic mass is 16.5. The summed E-state index contributed by atoms with van der Waals surface area (Å²) in [6.45, 7) is 3.23. The third-order valence-electron chi connectivity index (χ3n) is 2.49. The maximum atomic E-state index is 8.82. The lowest BCUT2D eigenvalue weighted by molar-refractivity contribution is 0.268. The van der Waals surface area contributed by atoms with E-state index in [1.54, 1.807) is 0 Å². The number of rotatable bonds is 7. The molecule has 0 amide bonds. The van der Waals surface area contributed by atoms with Crippen molar-refractivity contribution >= 4 is 0 Å². The van der Waals surface area contributed by atoms with E-state index < -0.39 is 0 Å². The molecule has 1 atom stereocenters. The Hall–Kier alpha value is -1.50. The van der Waals surface area contributed by atoms with Crippen molar-refractivity contribution in [3.05, 3.63) is 29.8 Å². The van der Waals surface area contributed by atoms with Crippen LogP contribution in [0.5, 0.6) is 5.75 Å². The molecule has 3 heteroatoms. The third kappa shape index (κ3) is 4.90. The van der Waals surface area contributed by atoms with Crippen molar-refractivity contribution in [2.24, 2.45) is 0 Å². The topological polar surface area (TPSA) is 41.5 Å². The number of terminal acetylenes is 1. The van der Waals surface area contributed by atoms with Gasteiger partial charge in [0.25, 0.3) is 0 Å². The number of aliphatic hydroxyl groups excluding tert-OH is 1. The van der Waals surface area contributed by atoms with E-state index in [4.69, 9.17) is 16.3 Å². The molecule has 0 fully saturated rings. The molecule has 0 aliphatic heterocycles. The summed E-state index contributed by atoms with van der Waals surface area (Å²) >= 11 is 0. The second-order valence-electron chi connectivity index (χ2n) is 3.89. The summed E-state index contributed by atoms with van der Waals surface area (Å²) in [5, 5.41) is 12.1. The van der Waals surface area contributed by atoms with E-state index >= 15 is 0 Å². The number of ether oxygens (including phenoxy) is 1. The molecule has 0 aromatic heterocycles. The van der Waals surface area contributed by atoms with E-state index in [9.17, 15) is 0 Å². The molecule has 1 aromatic carbocycles. The molecular formula is C14H19NO2. The second-order valence-corrected chi connectivity index (χ2v) is 3.89. The summed E-state index contributed by atoms with van der Waals surface area (Å²) in [6, 6.07) is 8.08. The number of para-hydroxylation sites is 1. The van der Waals surface area contributed by atoms with Crippen LogP contribution < -0.4 is 10.1 Å². The van der Waals surface area contributed by atoms with Crippen molar-refractivity contribution in [1.82, 2.24) is 5.32 Å². The predicted molar refractivity (Wildman–Crippen MR) is 68.8 cm³/mol. The van der Waals surface area contributed by atoms with Crippen molar-refractivity contribution in [2.75, 3.05) is 13.2 Å². The van der Waals surface area contributed by atoms with Gasteiger partial charge in [-0.3, -0.25) is 0 Å². The number of benzene rings is 1. The minimum absolute atomic E-state index is 0.198. The van der Waals surface area contributed by atoms with Crippen LogP contribution in [0.3, 0.4) is 0 Å². The second kappa shape index (κ2) is 7.72. The molecule has 0 saturated heterocycles. The predicted octanol–water partition coefficient (Wildman–Crippen LogP) is 1.56. The SMILES string of the molecule is C#CCOc1ccccc1CNC(C)CCO. The van der Waals surface area contributed by atoms with E-state index in [-0.39, 0.29) is 19.3 Å². The molecule has 0 bridgehead atoms. The van der Waals surface area contributed by atoms with E-state index in [0.29, 0.717) is 6.54 Å². The Morgan fingerprint density at radius 2 is 2.24 bits per heavy atom. The lowest BCUT2D eigenvalue weighted by atomic mass is 10.1. The minimum atomic E-state index is 0.198. The fraction of sp³-hybridized carbons (Fsp3) is 0.429. The largest absolute Gasteiger partial charge is 0.481 e. The third-order valence-corrected chi connectivity index (χ3v) is 2.49. The maximum Gasteiger partial charge on any atom is 0.148 e. The van der Waals surface area contributed by atoms with Crippen LogP contribution in [-0.2, 0) is 6.54 Å². The number of aliphatic hydroxyl groups is 1. The highest BCUT2D eigenvalue weighted by Crippen LogP contribution is 2.17. The smallest absolute Gasteiger partial charge is 0.148 e. The Bertz CT molecular complexity index is 371. The van der Waals surface area contributed by atoms with Gasteiger partial charge in [-0.1, -0.05) is 24.1 Å². The highest BCUT2D eigenvalue weighted by Gasteiger charge is 2.04. The van der Waals surface area contributed by atoms with Gasteiger partial charge in [0, 0.05) is 24.8 Å². The molecule has 1 unspecified atom stereocenters. The lowest BCUT2D eigenvalue weighted by Crippen LogP contribution is -2.26. The summed E-state index contributed by atoms with van der Waals surface area (Å²) in [7, 11) is 0. The van der Waals surface area contributed by atoms with Crippen molar-refractivity contribution in [1.29, 1.82) is 0 Å². The first-order chi connectivity index (χ1) is 8.27. The minimum Gasteiger partial charge on any atom is -0.481 e. The summed E-state index contributed by atoms with van der Waals surface area (Å²) < 4.78 is 5.45.